The van der Waals surface area contributed by atoms with Crippen LogP contribution in [0.25, 0.3) is 16.8 Å². The molecule has 5 rings (SSSR count). The Labute approximate surface area is 224 Å². The predicted octanol–water partition coefficient (Wildman–Crippen LogP) is 6.95. The van der Waals surface area contributed by atoms with Gasteiger partial charge in [-0.1, -0.05) is 50.2 Å². The van der Waals surface area contributed by atoms with Crippen LogP contribution >= 0.6 is 36.6 Å². The Kier molecular flexibility index (Phi) is 8.13. The normalized spacial score (nSPS) is 12.0. The van der Waals surface area contributed by atoms with Crippen LogP contribution in [0, 0.1) is 5.82 Å². The number of thiazole rings is 1. The van der Waals surface area contributed by atoms with E-state index in [0.29, 0.717) is 5.13 Å². The molecule has 5 aromatic rings. The summed E-state index contributed by atoms with van der Waals surface area (Å²) in [6, 6.07) is 19.8. The minimum atomic E-state index is -1.39. The highest BCUT2D eigenvalue weighted by Crippen LogP contribution is 2.43. The van der Waals surface area contributed by atoms with E-state index in [0.717, 1.165) is 27.9 Å². The van der Waals surface area contributed by atoms with Gasteiger partial charge in [-0.15, -0.1) is 11.3 Å². The summed E-state index contributed by atoms with van der Waals surface area (Å²) in [4.78, 5) is 21.9. The summed E-state index contributed by atoms with van der Waals surface area (Å²) in [6.45, 7) is 4.00. The van der Waals surface area contributed by atoms with Crippen molar-refractivity contribution in [2.24, 2.45) is 0 Å². The number of rotatable bonds is 6. The van der Waals surface area contributed by atoms with Crippen LogP contribution in [0.2, 0.25) is 0 Å². The number of hydrogen-bond donors (Lipinski definition) is 3. The van der Waals surface area contributed by atoms with E-state index >= 15 is 0 Å². The van der Waals surface area contributed by atoms with Gasteiger partial charge in [0.25, 0.3) is 5.91 Å². The van der Waals surface area contributed by atoms with Gasteiger partial charge >= 0.3 is 0 Å². The zero-order chi connectivity index (χ0) is 25.7. The maximum Gasteiger partial charge on any atom is 0.253 e. The summed E-state index contributed by atoms with van der Waals surface area (Å²) in [5, 5.41) is 5.09. The average molecular weight is 537 g/mol. The van der Waals surface area contributed by atoms with E-state index in [1.165, 1.54) is 23.5 Å². The summed E-state index contributed by atoms with van der Waals surface area (Å²) in [5.41, 5.74) is 4.14. The molecule has 0 fully saturated rings. The maximum absolute atomic E-state index is 13.4. The molecule has 0 aliphatic heterocycles. The van der Waals surface area contributed by atoms with Gasteiger partial charge in [-0.2, -0.15) is 25.3 Å². The highest BCUT2D eigenvalue weighted by Gasteiger charge is 2.42. The monoisotopic (exact) mass is 536 g/mol. The van der Waals surface area contributed by atoms with E-state index in [4.69, 9.17) is 25.3 Å². The molecule has 2 aromatic carbocycles. The number of amides is 1. The van der Waals surface area contributed by atoms with Crippen LogP contribution in [0.15, 0.2) is 90.8 Å². The fourth-order valence-electron chi connectivity index (χ4n) is 3.93. The highest BCUT2D eigenvalue weighted by atomic mass is 32.2. The third-order valence-corrected chi connectivity index (χ3v) is 7.14. The molecule has 9 heteroatoms. The van der Waals surface area contributed by atoms with Crippen molar-refractivity contribution in [2.75, 3.05) is 5.32 Å². The highest BCUT2D eigenvalue weighted by molar-refractivity contribution is 8.02. The van der Waals surface area contributed by atoms with Gasteiger partial charge in [0.1, 0.15) is 9.90 Å². The second-order valence-electron chi connectivity index (χ2n) is 7.72. The molecular formula is C27H25FN4OS3. The molecule has 0 radical (unpaired) electrons. The number of carbonyl (C=O) groups is 1. The molecule has 0 aliphatic carbocycles. The molecule has 1 unspecified atom stereocenters. The number of pyridine rings is 1. The smallest absolute Gasteiger partial charge is 0.253 e. The molecule has 1 N–H and O–H groups in total. The number of imidazole rings is 1. The molecule has 1 amide bonds. The Balaban J connectivity index is 0.00000148. The largest absolute Gasteiger partial charge is 0.305 e. The number of nitrogens with zero attached hydrogens (tertiary/aromatic N) is 3. The lowest BCUT2D eigenvalue weighted by Gasteiger charge is -2.32. The first kappa shape index (κ1) is 25.9. The van der Waals surface area contributed by atoms with Gasteiger partial charge in [-0.25, -0.2) is 14.4 Å². The molecule has 0 bridgehead atoms. The minimum Gasteiger partial charge on any atom is -0.305 e. The van der Waals surface area contributed by atoms with Crippen molar-refractivity contribution in [2.45, 2.75) is 23.8 Å². The molecule has 0 aliphatic rings. The van der Waals surface area contributed by atoms with E-state index in [9.17, 15) is 9.18 Å². The molecule has 0 spiro atoms. The fourth-order valence-corrected chi connectivity index (χ4v) is 5.16. The molecule has 3 aromatic heterocycles. The molecule has 0 saturated carbocycles. The van der Waals surface area contributed by atoms with Crippen LogP contribution in [-0.2, 0) is 4.79 Å². The minimum absolute atomic E-state index is 0.296. The second-order valence-corrected chi connectivity index (χ2v) is 10.4. The predicted molar refractivity (Wildman–Crippen MR) is 152 cm³/mol. The van der Waals surface area contributed by atoms with Gasteiger partial charge in [0.15, 0.2) is 5.13 Å². The average Bonchev–Trinajstić information content (AvgIpc) is 3.56. The number of carbonyl (C=O) groups excluding carboxylic acids is 1. The lowest BCUT2D eigenvalue weighted by atomic mass is 9.88. The zero-order valence-electron chi connectivity index (χ0n) is 19.7. The Morgan fingerprint density at radius 2 is 1.72 bits per heavy atom. The van der Waals surface area contributed by atoms with Crippen molar-refractivity contribution in [3.63, 3.8) is 0 Å². The molecule has 1 atom stereocenters. The summed E-state index contributed by atoms with van der Waals surface area (Å²) in [5.74, 6) is -1.16. The SMILES string of the molecule is CC.O=C(Nc1nccs1)C(S)(S)C(c1ccccc1)c1ccc2c(-c3ccc(F)cc3)ncn2c1. The number of aromatic nitrogens is 3. The summed E-state index contributed by atoms with van der Waals surface area (Å²) < 4.78 is 13.9. The van der Waals surface area contributed by atoms with Crippen LogP contribution in [0.5, 0.6) is 0 Å². The van der Waals surface area contributed by atoms with E-state index in [-0.39, 0.29) is 11.7 Å². The molecule has 3 heterocycles. The van der Waals surface area contributed by atoms with Crippen molar-refractivity contribution >= 4 is 53.1 Å². The number of fused-ring (bicyclic) bond motifs is 1. The molecule has 36 heavy (non-hydrogen) atoms. The zero-order valence-corrected chi connectivity index (χ0v) is 22.3. The fraction of sp³-hybridized carbons (Fsp3) is 0.148. The van der Waals surface area contributed by atoms with Gasteiger partial charge in [-0.3, -0.25) is 10.1 Å². The van der Waals surface area contributed by atoms with E-state index in [2.05, 4.69) is 15.3 Å². The van der Waals surface area contributed by atoms with Crippen LogP contribution in [0.4, 0.5) is 9.52 Å². The van der Waals surface area contributed by atoms with Crippen LogP contribution in [-0.4, -0.2) is 24.4 Å². The number of thiol groups is 2. The third kappa shape index (κ3) is 5.33. The number of anilines is 1. The first-order chi connectivity index (χ1) is 17.4. The van der Waals surface area contributed by atoms with Crippen LogP contribution in [0.3, 0.4) is 0 Å². The van der Waals surface area contributed by atoms with Crippen molar-refractivity contribution < 1.29 is 9.18 Å². The van der Waals surface area contributed by atoms with Gasteiger partial charge in [0.2, 0.25) is 0 Å². The van der Waals surface area contributed by atoms with Gasteiger partial charge in [0, 0.05) is 29.3 Å². The van der Waals surface area contributed by atoms with Gasteiger partial charge < -0.3 is 4.40 Å². The standard InChI is InChI=1S/C25H19FN4OS3.C2H6/c26-19-9-6-17(7-10-19)22-20-11-8-18(14-30(20)15-28-22)21(16-4-2-1-3-5-16)25(32,33)23(31)29-24-27-12-13-34-24;1-2/h1-15,21,32-33H,(H,27,29,31);1-2H3. The molecule has 5 nitrogen and oxygen atoms in total. The summed E-state index contributed by atoms with van der Waals surface area (Å²) >= 11 is 10.8. The quantitative estimate of drug-likeness (QED) is 0.163. The van der Waals surface area contributed by atoms with Crippen molar-refractivity contribution in [3.8, 4) is 11.3 Å². The second kappa shape index (κ2) is 11.3. The summed E-state index contributed by atoms with van der Waals surface area (Å²) in [6.07, 6.45) is 5.25. The van der Waals surface area contributed by atoms with Crippen LogP contribution in [0.1, 0.15) is 30.9 Å². The molecular weight excluding hydrogens is 512 g/mol. The Morgan fingerprint density at radius 3 is 2.39 bits per heavy atom. The first-order valence-corrected chi connectivity index (χ1v) is 13.1. The van der Waals surface area contributed by atoms with Crippen LogP contribution < -0.4 is 5.32 Å². The van der Waals surface area contributed by atoms with Crippen molar-refractivity contribution in [1.82, 2.24) is 14.4 Å². The van der Waals surface area contributed by atoms with E-state index in [1.807, 2.05) is 66.9 Å². The van der Waals surface area contributed by atoms with Gasteiger partial charge in [-0.05, 0) is 41.5 Å². The number of nitrogens with one attached hydrogen (secondary N) is 1. The third-order valence-electron chi connectivity index (χ3n) is 5.53. The first-order valence-electron chi connectivity index (χ1n) is 11.4. The van der Waals surface area contributed by atoms with E-state index < -0.39 is 10.00 Å². The number of benzene rings is 2. The Morgan fingerprint density at radius 1 is 1.00 bits per heavy atom. The molecule has 184 valence electrons. The summed E-state index contributed by atoms with van der Waals surface area (Å²) in [7, 11) is 0. The number of halogens is 1. The molecule has 0 saturated heterocycles. The maximum atomic E-state index is 13.4. The number of hydrogen-bond acceptors (Lipinski definition) is 6. The lowest BCUT2D eigenvalue weighted by Crippen LogP contribution is -2.39. The Bertz CT molecular complexity index is 1440. The van der Waals surface area contributed by atoms with Gasteiger partial charge in [0.05, 0.1) is 17.5 Å². The van der Waals surface area contributed by atoms with Crippen molar-refractivity contribution in [1.29, 1.82) is 0 Å². The van der Waals surface area contributed by atoms with E-state index in [1.54, 1.807) is 30.0 Å². The topological polar surface area (TPSA) is 59.3 Å². The van der Waals surface area contributed by atoms with Crippen molar-refractivity contribution in [3.05, 3.63) is 108 Å². The lowest BCUT2D eigenvalue weighted by molar-refractivity contribution is -0.116. The Hall–Kier alpha value is -3.14.